The molecule has 1 aromatic carbocycles. The number of thioether (sulfide) groups is 1. The molecule has 4 rings (SSSR count). The number of nitrogens with one attached hydrogen (secondary N) is 1. The van der Waals surface area contributed by atoms with Crippen LogP contribution in [0, 0.1) is 13.8 Å². The van der Waals surface area contributed by atoms with Crippen molar-refractivity contribution in [2.45, 2.75) is 45.3 Å². The van der Waals surface area contributed by atoms with E-state index in [0.29, 0.717) is 17.7 Å². The summed E-state index contributed by atoms with van der Waals surface area (Å²) in [5.41, 5.74) is 3.80. The highest BCUT2D eigenvalue weighted by molar-refractivity contribution is 7.99. The van der Waals surface area contributed by atoms with Gasteiger partial charge < -0.3 is 9.55 Å². The van der Waals surface area contributed by atoms with Crippen LogP contribution in [0.3, 0.4) is 0 Å². The number of H-pyrrole nitrogens is 1. The van der Waals surface area contributed by atoms with Crippen LogP contribution >= 0.6 is 23.1 Å². The molecule has 0 saturated carbocycles. The zero-order valence-electron chi connectivity index (χ0n) is 18.9. The average molecular weight is 479 g/mol. The molecule has 0 spiro atoms. The quantitative estimate of drug-likeness (QED) is 0.247. The van der Waals surface area contributed by atoms with Crippen molar-refractivity contribution in [2.24, 2.45) is 0 Å². The summed E-state index contributed by atoms with van der Waals surface area (Å²) in [7, 11) is 0. The summed E-state index contributed by atoms with van der Waals surface area (Å²) in [6, 6.07) is 14.5. The van der Waals surface area contributed by atoms with Crippen LogP contribution in [0.15, 0.2) is 53.0 Å². The van der Waals surface area contributed by atoms with Crippen molar-refractivity contribution in [3.8, 4) is 0 Å². The molecule has 0 aliphatic heterocycles. The van der Waals surface area contributed by atoms with Crippen molar-refractivity contribution in [3.05, 3.63) is 86.6 Å². The number of thiophene rings is 1. The Morgan fingerprint density at radius 2 is 1.88 bits per heavy atom. The van der Waals surface area contributed by atoms with Crippen molar-refractivity contribution in [1.29, 1.82) is 0 Å². The number of Topliss-reactive ketones (excluding diaryl/α,β-unsaturated/α-hetero) is 2. The second kappa shape index (κ2) is 10.3. The van der Waals surface area contributed by atoms with Crippen LogP contribution in [0.5, 0.6) is 0 Å². The van der Waals surface area contributed by atoms with E-state index >= 15 is 0 Å². The number of carbonyl (C=O) groups is 2. The Morgan fingerprint density at radius 3 is 2.55 bits per heavy atom. The lowest BCUT2D eigenvalue weighted by atomic mass is 10.1. The van der Waals surface area contributed by atoms with Gasteiger partial charge in [0.15, 0.2) is 16.7 Å². The van der Waals surface area contributed by atoms with E-state index < -0.39 is 0 Å². The van der Waals surface area contributed by atoms with Gasteiger partial charge in [-0.15, -0.1) is 21.5 Å². The summed E-state index contributed by atoms with van der Waals surface area (Å²) >= 11 is 3.09. The van der Waals surface area contributed by atoms with E-state index in [9.17, 15) is 9.59 Å². The van der Waals surface area contributed by atoms with Crippen LogP contribution in [-0.2, 0) is 19.4 Å². The molecule has 0 radical (unpaired) electrons. The van der Waals surface area contributed by atoms with E-state index in [1.54, 1.807) is 11.3 Å². The highest BCUT2D eigenvalue weighted by atomic mass is 32.2. The fourth-order valence-electron chi connectivity index (χ4n) is 3.99. The Morgan fingerprint density at radius 1 is 1.09 bits per heavy atom. The standard InChI is InChI=1S/C25H26N4O2S2/c1-16-23(18(3)30)17(2)26-24(16)21(31)15-33-25-28-27-22(14-20-10-7-13-32-20)29(25)12-11-19-8-5-4-6-9-19/h4-10,13,26H,11-12,14-15H2,1-3H3. The topological polar surface area (TPSA) is 80.6 Å². The Balaban J connectivity index is 1.53. The number of aryl methyl sites for hydroxylation is 2. The van der Waals surface area contributed by atoms with Crippen molar-refractivity contribution in [3.63, 3.8) is 0 Å². The van der Waals surface area contributed by atoms with Gasteiger partial charge in [0.25, 0.3) is 0 Å². The number of carbonyl (C=O) groups excluding carboxylic acids is 2. The van der Waals surface area contributed by atoms with E-state index in [1.807, 2.05) is 38.1 Å². The maximum Gasteiger partial charge on any atom is 0.191 e. The summed E-state index contributed by atoms with van der Waals surface area (Å²) in [4.78, 5) is 29.2. The summed E-state index contributed by atoms with van der Waals surface area (Å²) in [6.07, 6.45) is 1.57. The molecule has 8 heteroatoms. The average Bonchev–Trinajstić information content (AvgIpc) is 3.51. The number of aromatic amines is 1. The monoisotopic (exact) mass is 478 g/mol. The normalized spacial score (nSPS) is 11.1. The van der Waals surface area contributed by atoms with E-state index in [0.717, 1.165) is 35.2 Å². The van der Waals surface area contributed by atoms with Gasteiger partial charge in [-0.2, -0.15) is 0 Å². The summed E-state index contributed by atoms with van der Waals surface area (Å²) in [5, 5.41) is 11.7. The molecule has 3 aromatic heterocycles. The van der Waals surface area contributed by atoms with Crippen LogP contribution in [0.25, 0.3) is 0 Å². The molecule has 0 aliphatic rings. The minimum absolute atomic E-state index is 0.0353. The molecule has 0 amide bonds. The Labute approximate surface area is 201 Å². The van der Waals surface area contributed by atoms with Gasteiger partial charge in [-0.25, -0.2) is 0 Å². The maximum atomic E-state index is 13.0. The van der Waals surface area contributed by atoms with Gasteiger partial charge in [-0.1, -0.05) is 48.2 Å². The molecule has 33 heavy (non-hydrogen) atoms. The summed E-state index contributed by atoms with van der Waals surface area (Å²) in [6.45, 7) is 5.91. The van der Waals surface area contributed by atoms with Gasteiger partial charge in [0.2, 0.25) is 0 Å². The van der Waals surface area contributed by atoms with Crippen LogP contribution in [0.2, 0.25) is 0 Å². The second-order valence-corrected chi connectivity index (χ2v) is 9.91. The van der Waals surface area contributed by atoms with Crippen LogP contribution < -0.4 is 0 Å². The fraction of sp³-hybridized carbons (Fsp3) is 0.280. The Bertz CT molecular complexity index is 1260. The molecular formula is C25H26N4O2S2. The lowest BCUT2D eigenvalue weighted by Gasteiger charge is -2.10. The number of nitrogens with zero attached hydrogens (tertiary/aromatic N) is 3. The number of rotatable bonds is 10. The zero-order chi connectivity index (χ0) is 23.4. The van der Waals surface area contributed by atoms with Gasteiger partial charge >= 0.3 is 0 Å². The van der Waals surface area contributed by atoms with E-state index in [1.165, 1.54) is 29.1 Å². The molecule has 4 aromatic rings. The first-order valence-electron chi connectivity index (χ1n) is 10.8. The van der Waals surface area contributed by atoms with Crippen LogP contribution in [0.1, 0.15) is 55.3 Å². The molecule has 0 fully saturated rings. The van der Waals surface area contributed by atoms with Crippen molar-refractivity contribution in [2.75, 3.05) is 5.75 Å². The third-order valence-electron chi connectivity index (χ3n) is 5.57. The number of ketones is 2. The van der Waals surface area contributed by atoms with Crippen LogP contribution in [0.4, 0.5) is 0 Å². The molecule has 0 bridgehead atoms. The first kappa shape index (κ1) is 23.2. The van der Waals surface area contributed by atoms with Gasteiger partial charge in [-0.05, 0) is 49.8 Å². The lowest BCUT2D eigenvalue weighted by molar-refractivity contribution is 0.101. The summed E-state index contributed by atoms with van der Waals surface area (Å²) in [5.74, 6) is 1.03. The minimum atomic E-state index is -0.0504. The maximum absolute atomic E-state index is 13.0. The van der Waals surface area contributed by atoms with E-state index in [4.69, 9.17) is 0 Å². The van der Waals surface area contributed by atoms with Gasteiger partial charge in [-0.3, -0.25) is 9.59 Å². The van der Waals surface area contributed by atoms with E-state index in [2.05, 4.69) is 43.3 Å². The number of hydrogen-bond acceptors (Lipinski definition) is 6. The molecule has 0 unspecified atom stereocenters. The zero-order valence-corrected chi connectivity index (χ0v) is 20.6. The fourth-order valence-corrected chi connectivity index (χ4v) is 5.55. The highest BCUT2D eigenvalue weighted by Gasteiger charge is 2.21. The number of hydrogen-bond donors (Lipinski definition) is 1. The highest BCUT2D eigenvalue weighted by Crippen LogP contribution is 2.24. The number of aromatic nitrogens is 4. The molecule has 170 valence electrons. The molecule has 0 saturated heterocycles. The molecular weight excluding hydrogens is 452 g/mol. The second-order valence-electron chi connectivity index (χ2n) is 7.94. The molecule has 0 aliphatic carbocycles. The predicted molar refractivity (Wildman–Crippen MR) is 133 cm³/mol. The van der Waals surface area contributed by atoms with Crippen molar-refractivity contribution >= 4 is 34.7 Å². The van der Waals surface area contributed by atoms with Crippen molar-refractivity contribution in [1.82, 2.24) is 19.7 Å². The molecule has 6 nitrogen and oxygen atoms in total. The predicted octanol–water partition coefficient (Wildman–Crippen LogP) is 5.30. The van der Waals surface area contributed by atoms with Crippen molar-refractivity contribution < 1.29 is 9.59 Å². The third-order valence-corrected chi connectivity index (χ3v) is 7.42. The Kier molecular flexibility index (Phi) is 7.25. The molecule has 3 heterocycles. The minimum Gasteiger partial charge on any atom is -0.355 e. The van der Waals surface area contributed by atoms with Gasteiger partial charge in [0.05, 0.1) is 11.4 Å². The number of benzene rings is 1. The lowest BCUT2D eigenvalue weighted by Crippen LogP contribution is -2.10. The first-order chi connectivity index (χ1) is 15.9. The largest absolute Gasteiger partial charge is 0.355 e. The van der Waals surface area contributed by atoms with Gasteiger partial charge in [0.1, 0.15) is 5.82 Å². The van der Waals surface area contributed by atoms with E-state index in [-0.39, 0.29) is 17.3 Å². The molecule has 0 atom stereocenters. The van der Waals surface area contributed by atoms with Crippen LogP contribution in [-0.4, -0.2) is 37.1 Å². The third kappa shape index (κ3) is 5.34. The molecule has 1 N–H and O–H groups in total. The smallest absolute Gasteiger partial charge is 0.191 e. The first-order valence-corrected chi connectivity index (χ1v) is 12.6. The summed E-state index contributed by atoms with van der Waals surface area (Å²) < 4.78 is 2.12. The Hall–Kier alpha value is -2.97. The SMILES string of the molecule is CC(=O)c1c(C)[nH]c(C(=O)CSc2nnc(Cc3cccs3)n2CCc2ccccc2)c1C. The van der Waals surface area contributed by atoms with Gasteiger partial charge in [0, 0.05) is 29.1 Å².